The second-order valence-corrected chi connectivity index (χ2v) is 3.91. The van der Waals surface area contributed by atoms with Crippen molar-refractivity contribution in [2.24, 2.45) is 0 Å². The van der Waals surface area contributed by atoms with Gasteiger partial charge in [0.1, 0.15) is 5.76 Å². The lowest BCUT2D eigenvalue weighted by atomic mass is 9.97. The molecular formula is C9H11NO2S. The van der Waals surface area contributed by atoms with Crippen LogP contribution in [-0.4, -0.2) is 16.5 Å². The summed E-state index contributed by atoms with van der Waals surface area (Å²) < 4.78 is 5.13. The molecule has 1 heterocycles. The number of hydrogen-bond acceptors (Lipinski definition) is 4. The van der Waals surface area contributed by atoms with Gasteiger partial charge in [0.25, 0.3) is 0 Å². The quantitative estimate of drug-likeness (QED) is 0.691. The highest BCUT2D eigenvalue weighted by atomic mass is 32.2. The van der Waals surface area contributed by atoms with E-state index in [1.807, 2.05) is 0 Å². The maximum absolute atomic E-state index is 11.4. The number of aromatic nitrogens is 1. The second-order valence-electron chi connectivity index (χ2n) is 3.13. The fourth-order valence-corrected chi connectivity index (χ4v) is 2.00. The first kappa shape index (κ1) is 8.81. The Kier molecular flexibility index (Phi) is 2.40. The summed E-state index contributed by atoms with van der Waals surface area (Å²) in [5.74, 6) is 0.920. The van der Waals surface area contributed by atoms with Gasteiger partial charge in [-0.1, -0.05) is 16.9 Å². The monoisotopic (exact) mass is 197 g/mol. The molecule has 2 rings (SSSR count). The Morgan fingerprint density at radius 2 is 2.23 bits per heavy atom. The van der Waals surface area contributed by atoms with Crippen LogP contribution in [-0.2, 0) is 12.8 Å². The molecule has 1 aliphatic rings. The van der Waals surface area contributed by atoms with Crippen LogP contribution in [0.15, 0.2) is 4.52 Å². The Bertz CT molecular complexity index is 332. The number of nitrogens with zero attached hydrogens (tertiary/aromatic N) is 1. The highest BCUT2D eigenvalue weighted by molar-refractivity contribution is 8.13. The van der Waals surface area contributed by atoms with Crippen molar-refractivity contribution in [1.82, 2.24) is 5.16 Å². The molecule has 0 amide bonds. The van der Waals surface area contributed by atoms with E-state index in [0.29, 0.717) is 5.69 Å². The van der Waals surface area contributed by atoms with Crippen LogP contribution in [0.2, 0.25) is 0 Å². The summed E-state index contributed by atoms with van der Waals surface area (Å²) in [6.07, 6.45) is 5.94. The number of carbonyl (C=O) groups excluding carboxylic acids is 1. The third kappa shape index (κ3) is 1.50. The molecule has 0 N–H and O–H groups in total. The summed E-state index contributed by atoms with van der Waals surface area (Å²) in [7, 11) is 0. The van der Waals surface area contributed by atoms with Gasteiger partial charge in [-0.15, -0.1) is 0 Å². The van der Waals surface area contributed by atoms with Crippen molar-refractivity contribution < 1.29 is 9.32 Å². The molecule has 1 aliphatic carbocycles. The highest BCUT2D eigenvalue weighted by Gasteiger charge is 2.22. The first-order valence-electron chi connectivity index (χ1n) is 4.38. The van der Waals surface area contributed by atoms with Gasteiger partial charge in [-0.2, -0.15) is 0 Å². The molecule has 13 heavy (non-hydrogen) atoms. The van der Waals surface area contributed by atoms with E-state index in [4.69, 9.17) is 4.52 Å². The normalized spacial score (nSPS) is 15.5. The van der Waals surface area contributed by atoms with Crippen molar-refractivity contribution >= 4 is 16.9 Å². The molecule has 4 heteroatoms. The molecule has 1 aromatic heterocycles. The van der Waals surface area contributed by atoms with Gasteiger partial charge in [0.15, 0.2) is 5.69 Å². The number of rotatable bonds is 1. The lowest BCUT2D eigenvalue weighted by molar-refractivity contribution is 0.108. The van der Waals surface area contributed by atoms with Gasteiger partial charge in [0, 0.05) is 12.0 Å². The van der Waals surface area contributed by atoms with Gasteiger partial charge < -0.3 is 4.52 Å². The molecule has 0 spiro atoms. The highest BCUT2D eigenvalue weighted by Crippen LogP contribution is 2.25. The average molecular weight is 197 g/mol. The fraction of sp³-hybridized carbons (Fsp3) is 0.556. The Balaban J connectivity index is 2.36. The van der Waals surface area contributed by atoms with Crippen molar-refractivity contribution in [3.63, 3.8) is 0 Å². The van der Waals surface area contributed by atoms with Gasteiger partial charge in [-0.25, -0.2) is 0 Å². The third-order valence-electron chi connectivity index (χ3n) is 2.33. The van der Waals surface area contributed by atoms with Crippen molar-refractivity contribution in [3.8, 4) is 0 Å². The molecule has 0 aliphatic heterocycles. The predicted molar refractivity (Wildman–Crippen MR) is 51.0 cm³/mol. The largest absolute Gasteiger partial charge is 0.360 e. The molecule has 0 fully saturated rings. The summed E-state index contributed by atoms with van der Waals surface area (Å²) in [5, 5.41) is 3.84. The molecule has 0 aromatic carbocycles. The van der Waals surface area contributed by atoms with Gasteiger partial charge in [0.2, 0.25) is 5.12 Å². The second kappa shape index (κ2) is 3.54. The summed E-state index contributed by atoms with van der Waals surface area (Å²) in [4.78, 5) is 11.4. The van der Waals surface area contributed by atoms with E-state index in [0.717, 1.165) is 37.0 Å². The Hall–Kier alpha value is -0.770. The van der Waals surface area contributed by atoms with Gasteiger partial charge >= 0.3 is 0 Å². The topological polar surface area (TPSA) is 43.1 Å². The average Bonchev–Trinajstić information content (AvgIpc) is 2.60. The van der Waals surface area contributed by atoms with Crippen LogP contribution >= 0.6 is 11.8 Å². The number of carbonyl (C=O) groups is 1. The van der Waals surface area contributed by atoms with Crippen LogP contribution in [0, 0.1) is 0 Å². The van der Waals surface area contributed by atoms with E-state index >= 15 is 0 Å². The smallest absolute Gasteiger partial charge is 0.241 e. The maximum atomic E-state index is 11.4. The predicted octanol–water partition coefficient (Wildman–Crippen LogP) is 2.06. The SMILES string of the molecule is CSC(=O)c1noc2c1CCCC2. The van der Waals surface area contributed by atoms with Crippen LogP contribution in [0.5, 0.6) is 0 Å². The van der Waals surface area contributed by atoms with E-state index in [1.54, 1.807) is 6.26 Å². The summed E-state index contributed by atoms with van der Waals surface area (Å²) in [6, 6.07) is 0. The fourth-order valence-electron chi connectivity index (χ4n) is 1.64. The summed E-state index contributed by atoms with van der Waals surface area (Å²) in [5.41, 5.74) is 1.59. The minimum atomic E-state index is 0.0203. The van der Waals surface area contributed by atoms with Crippen molar-refractivity contribution in [2.45, 2.75) is 25.7 Å². The van der Waals surface area contributed by atoms with Gasteiger partial charge in [-0.05, 0) is 25.5 Å². The number of aryl methyl sites for hydroxylation is 1. The molecule has 0 bridgehead atoms. The molecule has 3 nitrogen and oxygen atoms in total. The van der Waals surface area contributed by atoms with Gasteiger partial charge in [-0.3, -0.25) is 4.79 Å². The van der Waals surface area contributed by atoms with E-state index in [1.165, 1.54) is 11.8 Å². The van der Waals surface area contributed by atoms with Gasteiger partial charge in [0.05, 0.1) is 0 Å². The number of thioether (sulfide) groups is 1. The Morgan fingerprint density at radius 3 is 3.00 bits per heavy atom. The molecule has 70 valence electrons. The van der Waals surface area contributed by atoms with E-state index in [-0.39, 0.29) is 5.12 Å². The van der Waals surface area contributed by atoms with Crippen LogP contribution in [0.3, 0.4) is 0 Å². The zero-order chi connectivity index (χ0) is 9.26. The third-order valence-corrected chi connectivity index (χ3v) is 2.89. The first-order valence-corrected chi connectivity index (χ1v) is 5.61. The van der Waals surface area contributed by atoms with Crippen molar-refractivity contribution in [2.75, 3.05) is 6.26 Å². The zero-order valence-corrected chi connectivity index (χ0v) is 8.32. The lowest BCUT2D eigenvalue weighted by Gasteiger charge is -2.07. The summed E-state index contributed by atoms with van der Waals surface area (Å²) in [6.45, 7) is 0. The Labute approximate surface area is 80.9 Å². The molecule has 1 aromatic rings. The van der Waals surface area contributed by atoms with Crippen molar-refractivity contribution in [1.29, 1.82) is 0 Å². The van der Waals surface area contributed by atoms with Crippen LogP contribution in [0.25, 0.3) is 0 Å². The molecule has 0 radical (unpaired) electrons. The van der Waals surface area contributed by atoms with Crippen LogP contribution in [0.4, 0.5) is 0 Å². The van der Waals surface area contributed by atoms with E-state index < -0.39 is 0 Å². The molecule has 0 saturated carbocycles. The maximum Gasteiger partial charge on any atom is 0.241 e. The standard InChI is InChI=1S/C9H11NO2S/c1-13-9(11)8-6-4-2-3-5-7(6)12-10-8/h2-5H2,1H3. The van der Waals surface area contributed by atoms with E-state index in [2.05, 4.69) is 5.16 Å². The number of hydrogen-bond donors (Lipinski definition) is 0. The zero-order valence-electron chi connectivity index (χ0n) is 7.50. The first-order chi connectivity index (χ1) is 6.33. The van der Waals surface area contributed by atoms with E-state index in [9.17, 15) is 4.79 Å². The molecule has 0 unspecified atom stereocenters. The minimum absolute atomic E-state index is 0.0203. The molecule has 0 atom stereocenters. The lowest BCUT2D eigenvalue weighted by Crippen LogP contribution is -2.04. The molecule has 0 saturated heterocycles. The number of fused-ring (bicyclic) bond motifs is 1. The summed E-state index contributed by atoms with van der Waals surface area (Å²) >= 11 is 1.19. The Morgan fingerprint density at radius 1 is 1.46 bits per heavy atom. The minimum Gasteiger partial charge on any atom is -0.360 e. The van der Waals surface area contributed by atoms with Crippen molar-refractivity contribution in [3.05, 3.63) is 17.0 Å². The van der Waals surface area contributed by atoms with Crippen LogP contribution < -0.4 is 0 Å². The van der Waals surface area contributed by atoms with Crippen LogP contribution in [0.1, 0.15) is 34.7 Å². The molecular weight excluding hydrogens is 186 g/mol.